The molecular weight excluding hydrogens is 244 g/mol. The van der Waals surface area contributed by atoms with Gasteiger partial charge in [-0.2, -0.15) is 0 Å². The van der Waals surface area contributed by atoms with Gasteiger partial charge in [-0.15, -0.1) is 0 Å². The molecule has 1 fully saturated rings. The molecule has 19 heavy (non-hydrogen) atoms. The Labute approximate surface area is 113 Å². The molecule has 5 heteroatoms. The number of para-hydroxylation sites is 1. The fourth-order valence-electron chi connectivity index (χ4n) is 2.14. The second kappa shape index (κ2) is 6.04. The summed E-state index contributed by atoms with van der Waals surface area (Å²) in [5.74, 6) is -0.298. The first-order chi connectivity index (χ1) is 9.13. The molecule has 0 radical (unpaired) electrons. The highest BCUT2D eigenvalue weighted by atomic mass is 16.7. The Morgan fingerprint density at radius 3 is 2.68 bits per heavy atom. The van der Waals surface area contributed by atoms with E-state index in [0.717, 1.165) is 5.69 Å². The fourth-order valence-corrected chi connectivity index (χ4v) is 2.14. The van der Waals surface area contributed by atoms with Crippen molar-refractivity contribution in [1.82, 2.24) is 4.90 Å². The molecule has 1 aliphatic heterocycles. The van der Waals surface area contributed by atoms with E-state index < -0.39 is 6.10 Å². The molecular formula is C14H20N2O3. The number of ether oxygens (including phenoxy) is 1. The van der Waals surface area contributed by atoms with Crippen LogP contribution >= 0.6 is 0 Å². The SMILES string of the molecule is CCOC(=O)[C@H]1C[C@@H](N(C)C)N(c2ccccc2)O1. The van der Waals surface area contributed by atoms with E-state index in [9.17, 15) is 4.79 Å². The molecule has 0 saturated carbocycles. The number of hydrogen-bond acceptors (Lipinski definition) is 5. The van der Waals surface area contributed by atoms with Gasteiger partial charge in [0, 0.05) is 6.42 Å². The number of carbonyl (C=O) groups is 1. The topological polar surface area (TPSA) is 42.0 Å². The van der Waals surface area contributed by atoms with Crippen LogP contribution in [0.5, 0.6) is 0 Å². The lowest BCUT2D eigenvalue weighted by Crippen LogP contribution is -2.39. The van der Waals surface area contributed by atoms with Crippen LogP contribution in [0.15, 0.2) is 30.3 Å². The maximum atomic E-state index is 11.8. The van der Waals surface area contributed by atoms with Crippen LogP contribution in [0.2, 0.25) is 0 Å². The number of nitrogens with zero attached hydrogens (tertiary/aromatic N) is 2. The van der Waals surface area contributed by atoms with Crippen molar-refractivity contribution in [2.45, 2.75) is 25.6 Å². The molecule has 1 aromatic rings. The summed E-state index contributed by atoms with van der Waals surface area (Å²) in [5, 5.41) is 1.78. The van der Waals surface area contributed by atoms with Crippen molar-refractivity contribution in [2.75, 3.05) is 25.8 Å². The van der Waals surface area contributed by atoms with Crippen LogP contribution in [-0.4, -0.2) is 43.8 Å². The summed E-state index contributed by atoms with van der Waals surface area (Å²) in [6.45, 7) is 2.17. The quantitative estimate of drug-likeness (QED) is 0.773. The molecule has 0 aromatic heterocycles. The highest BCUT2D eigenvalue weighted by Crippen LogP contribution is 2.29. The zero-order valence-electron chi connectivity index (χ0n) is 11.6. The van der Waals surface area contributed by atoms with Crippen molar-refractivity contribution in [3.63, 3.8) is 0 Å². The lowest BCUT2D eigenvalue weighted by atomic mass is 10.2. The molecule has 1 saturated heterocycles. The second-order valence-electron chi connectivity index (χ2n) is 4.69. The monoisotopic (exact) mass is 264 g/mol. The van der Waals surface area contributed by atoms with Crippen molar-refractivity contribution < 1.29 is 14.4 Å². The van der Waals surface area contributed by atoms with Crippen molar-refractivity contribution in [3.8, 4) is 0 Å². The zero-order chi connectivity index (χ0) is 13.8. The summed E-state index contributed by atoms with van der Waals surface area (Å²) < 4.78 is 5.03. The van der Waals surface area contributed by atoms with Gasteiger partial charge in [-0.1, -0.05) is 18.2 Å². The van der Waals surface area contributed by atoms with Crippen molar-refractivity contribution >= 4 is 11.7 Å². The summed E-state index contributed by atoms with van der Waals surface area (Å²) in [6.07, 6.45) is 0.0881. The summed E-state index contributed by atoms with van der Waals surface area (Å²) in [5.41, 5.74) is 0.938. The maximum absolute atomic E-state index is 11.8. The number of hydroxylamine groups is 1. The third-order valence-electron chi connectivity index (χ3n) is 3.09. The van der Waals surface area contributed by atoms with E-state index in [-0.39, 0.29) is 12.1 Å². The molecule has 2 atom stereocenters. The molecule has 0 bridgehead atoms. The number of hydrogen-bond donors (Lipinski definition) is 0. The highest BCUT2D eigenvalue weighted by Gasteiger charge is 2.39. The molecule has 0 unspecified atom stereocenters. The van der Waals surface area contributed by atoms with E-state index in [0.29, 0.717) is 13.0 Å². The summed E-state index contributed by atoms with van der Waals surface area (Å²) in [7, 11) is 3.94. The standard InChI is InChI=1S/C14H20N2O3/c1-4-18-14(17)12-10-13(15(2)3)16(19-12)11-8-6-5-7-9-11/h5-9,12-13H,4,10H2,1-3H3/t12-,13+/m1/s1. The molecule has 0 N–H and O–H groups in total. The predicted octanol–water partition coefficient (Wildman–Crippen LogP) is 1.65. The van der Waals surface area contributed by atoms with Crippen LogP contribution < -0.4 is 5.06 Å². The third kappa shape index (κ3) is 3.05. The minimum absolute atomic E-state index is 0.0248. The Balaban J connectivity index is 2.15. The Morgan fingerprint density at radius 1 is 1.42 bits per heavy atom. The van der Waals surface area contributed by atoms with Gasteiger partial charge in [0.25, 0.3) is 0 Å². The van der Waals surface area contributed by atoms with E-state index >= 15 is 0 Å². The largest absolute Gasteiger partial charge is 0.464 e. The lowest BCUT2D eigenvalue weighted by Gasteiger charge is -2.29. The molecule has 0 spiro atoms. The number of esters is 1. The molecule has 0 aliphatic carbocycles. The molecule has 104 valence electrons. The summed E-state index contributed by atoms with van der Waals surface area (Å²) in [6, 6.07) is 9.77. The number of benzene rings is 1. The Morgan fingerprint density at radius 2 is 2.11 bits per heavy atom. The molecule has 5 nitrogen and oxygen atoms in total. The lowest BCUT2D eigenvalue weighted by molar-refractivity contribution is -0.154. The van der Waals surface area contributed by atoms with Crippen molar-refractivity contribution in [3.05, 3.63) is 30.3 Å². The normalized spacial score (nSPS) is 22.8. The van der Waals surface area contributed by atoms with E-state index in [1.807, 2.05) is 49.3 Å². The average molecular weight is 264 g/mol. The van der Waals surface area contributed by atoms with Gasteiger partial charge in [0.1, 0.15) is 6.17 Å². The van der Waals surface area contributed by atoms with Crippen LogP contribution in [0.4, 0.5) is 5.69 Å². The van der Waals surface area contributed by atoms with Gasteiger partial charge < -0.3 is 4.74 Å². The molecule has 1 aromatic carbocycles. The van der Waals surface area contributed by atoms with Crippen molar-refractivity contribution in [1.29, 1.82) is 0 Å². The van der Waals surface area contributed by atoms with Gasteiger partial charge >= 0.3 is 5.97 Å². The summed E-state index contributed by atoms with van der Waals surface area (Å²) >= 11 is 0. The molecule has 0 amide bonds. The number of anilines is 1. The third-order valence-corrected chi connectivity index (χ3v) is 3.09. The van der Waals surface area contributed by atoms with Gasteiger partial charge in [0.05, 0.1) is 12.3 Å². The van der Waals surface area contributed by atoms with Gasteiger partial charge in [0.2, 0.25) is 0 Å². The van der Waals surface area contributed by atoms with Gasteiger partial charge in [-0.05, 0) is 33.2 Å². The highest BCUT2D eigenvalue weighted by molar-refractivity contribution is 5.75. The Hall–Kier alpha value is -1.59. The van der Waals surface area contributed by atoms with Crippen LogP contribution in [0.1, 0.15) is 13.3 Å². The predicted molar refractivity (Wildman–Crippen MR) is 72.5 cm³/mol. The molecule has 1 aliphatic rings. The second-order valence-corrected chi connectivity index (χ2v) is 4.69. The minimum atomic E-state index is -0.535. The van der Waals surface area contributed by atoms with Crippen LogP contribution in [0.25, 0.3) is 0 Å². The number of rotatable bonds is 4. The number of carbonyl (C=O) groups excluding carboxylic acids is 1. The zero-order valence-corrected chi connectivity index (χ0v) is 11.6. The van der Waals surface area contributed by atoms with Crippen LogP contribution in [0.3, 0.4) is 0 Å². The van der Waals surface area contributed by atoms with E-state index in [4.69, 9.17) is 9.57 Å². The van der Waals surface area contributed by atoms with E-state index in [1.54, 1.807) is 12.0 Å². The first-order valence-electron chi connectivity index (χ1n) is 6.47. The Kier molecular flexibility index (Phi) is 4.39. The first-order valence-corrected chi connectivity index (χ1v) is 6.47. The minimum Gasteiger partial charge on any atom is -0.464 e. The maximum Gasteiger partial charge on any atom is 0.338 e. The first kappa shape index (κ1) is 13.8. The van der Waals surface area contributed by atoms with Gasteiger partial charge in [-0.25, -0.2) is 9.86 Å². The van der Waals surface area contributed by atoms with Crippen LogP contribution in [0, 0.1) is 0 Å². The van der Waals surface area contributed by atoms with Crippen molar-refractivity contribution in [2.24, 2.45) is 0 Å². The smallest absolute Gasteiger partial charge is 0.338 e. The van der Waals surface area contributed by atoms with E-state index in [1.165, 1.54) is 0 Å². The van der Waals surface area contributed by atoms with Gasteiger partial charge in [0.15, 0.2) is 6.10 Å². The molecule has 1 heterocycles. The van der Waals surface area contributed by atoms with Gasteiger partial charge in [-0.3, -0.25) is 9.74 Å². The summed E-state index contributed by atoms with van der Waals surface area (Å²) in [4.78, 5) is 19.6. The Bertz CT molecular complexity index is 422. The van der Waals surface area contributed by atoms with Crippen LogP contribution in [-0.2, 0) is 14.4 Å². The fraction of sp³-hybridized carbons (Fsp3) is 0.500. The van der Waals surface area contributed by atoms with E-state index in [2.05, 4.69) is 0 Å². The average Bonchev–Trinajstić information content (AvgIpc) is 2.85. The molecule has 2 rings (SSSR count).